The van der Waals surface area contributed by atoms with Crippen molar-refractivity contribution < 1.29 is 19.7 Å². The van der Waals surface area contributed by atoms with Crippen LogP contribution in [-0.4, -0.2) is 53.8 Å². The Hall–Kier alpha value is 0.390. The van der Waals surface area contributed by atoms with Gasteiger partial charge in [0.1, 0.15) is 0 Å². The van der Waals surface area contributed by atoms with E-state index in [1.165, 1.54) is 6.92 Å². The second-order valence-electron chi connectivity index (χ2n) is 1.30. The Morgan fingerprint density at radius 3 is 1.91 bits per heavy atom. The van der Waals surface area contributed by atoms with Gasteiger partial charge in [-0.1, -0.05) is 0 Å². The summed E-state index contributed by atoms with van der Waals surface area (Å²) < 4.78 is 0. The number of hydrogen-bond donors (Lipinski definition) is 1. The quantitative estimate of drug-likeness (QED) is 0.359. The Labute approximate surface area is 89.1 Å². The van der Waals surface area contributed by atoms with Gasteiger partial charge < -0.3 is 5.11 Å². The molecule has 0 unspecified atom stereocenters. The zero-order chi connectivity index (χ0) is 8.41. The Morgan fingerprint density at radius 1 is 1.45 bits per heavy atom. The van der Waals surface area contributed by atoms with Crippen LogP contribution in [0.2, 0.25) is 0 Å². The van der Waals surface area contributed by atoms with E-state index in [9.17, 15) is 4.79 Å². The van der Waals surface area contributed by atoms with Crippen molar-refractivity contribution in [3.8, 4) is 0 Å². The maximum absolute atomic E-state index is 9.86. The summed E-state index contributed by atoms with van der Waals surface area (Å²) in [5, 5.41) is 7.57. The van der Waals surface area contributed by atoms with E-state index in [4.69, 9.17) is 5.11 Å². The topological polar surface area (TPSA) is 55.8 Å². The van der Waals surface area contributed by atoms with Gasteiger partial charge in [0, 0.05) is 13.5 Å². The molecule has 0 aromatic carbocycles. The van der Waals surface area contributed by atoms with Gasteiger partial charge in [-0.2, -0.15) is 4.89 Å². The molecular weight excluding hydrogens is 159 g/mol. The second kappa shape index (κ2) is 16.8. The predicted octanol–water partition coefficient (Wildman–Crippen LogP) is -0.149. The molecule has 64 valence electrons. The van der Waals surface area contributed by atoms with Crippen molar-refractivity contribution >= 4 is 35.5 Å². The first-order chi connectivity index (χ1) is 4.68. The molecule has 0 saturated carbocycles. The molecule has 0 aliphatic rings. The van der Waals surface area contributed by atoms with Crippen molar-refractivity contribution in [1.29, 1.82) is 0 Å². The van der Waals surface area contributed by atoms with Crippen LogP contribution in [0.4, 0.5) is 0 Å². The van der Waals surface area contributed by atoms with Crippen molar-refractivity contribution in [3.63, 3.8) is 0 Å². The van der Waals surface area contributed by atoms with Gasteiger partial charge in [0.2, 0.25) is 0 Å². The molecule has 0 aliphatic heterocycles. The Morgan fingerprint density at radius 2 is 1.82 bits per heavy atom. The van der Waals surface area contributed by atoms with Gasteiger partial charge in [-0.3, -0.25) is 4.89 Å². The fourth-order valence-corrected chi connectivity index (χ4v) is 0.142. The van der Waals surface area contributed by atoms with E-state index in [1.807, 2.05) is 0 Å². The van der Waals surface area contributed by atoms with E-state index in [0.29, 0.717) is 6.61 Å². The van der Waals surface area contributed by atoms with Gasteiger partial charge in [0.05, 0.1) is 6.61 Å². The molecule has 0 amide bonds. The van der Waals surface area contributed by atoms with Crippen LogP contribution < -0.4 is 0 Å². The third-order valence-electron chi connectivity index (χ3n) is 0.294. The standard InChI is InChI=1S/C4H8O3.C2H6O.Na.H/c1-3-6-7-4(2)5;1-2-3;;/h3H2,1-2H3;3H,2H2,1H3;;. The first kappa shape index (κ1) is 17.5. The van der Waals surface area contributed by atoms with Crippen molar-refractivity contribution in [3.05, 3.63) is 0 Å². The third kappa shape index (κ3) is 37.9. The number of aliphatic hydroxyl groups is 1. The summed E-state index contributed by atoms with van der Waals surface area (Å²) in [6, 6.07) is 0. The van der Waals surface area contributed by atoms with Gasteiger partial charge in [0.15, 0.2) is 0 Å². The van der Waals surface area contributed by atoms with E-state index < -0.39 is 5.97 Å². The molecule has 0 aromatic rings. The summed E-state index contributed by atoms with van der Waals surface area (Å²) in [7, 11) is 0. The minimum atomic E-state index is -0.415. The van der Waals surface area contributed by atoms with Crippen LogP contribution in [0.1, 0.15) is 20.8 Å². The molecule has 5 heteroatoms. The number of rotatable bonds is 2. The van der Waals surface area contributed by atoms with Crippen molar-refractivity contribution in [1.82, 2.24) is 0 Å². The fraction of sp³-hybridized carbons (Fsp3) is 0.833. The zero-order valence-electron chi connectivity index (χ0n) is 6.59. The van der Waals surface area contributed by atoms with E-state index in [2.05, 4.69) is 9.78 Å². The molecular formula is C6H15NaO4. The summed E-state index contributed by atoms with van der Waals surface area (Å²) in [4.78, 5) is 18.2. The van der Waals surface area contributed by atoms with Crippen molar-refractivity contribution in [2.24, 2.45) is 0 Å². The number of aliphatic hydroxyl groups excluding tert-OH is 1. The average molecular weight is 174 g/mol. The molecule has 0 heterocycles. The first-order valence-corrected chi connectivity index (χ1v) is 3.09. The monoisotopic (exact) mass is 174 g/mol. The molecule has 11 heavy (non-hydrogen) atoms. The third-order valence-corrected chi connectivity index (χ3v) is 0.294. The van der Waals surface area contributed by atoms with Crippen LogP contribution in [0, 0.1) is 0 Å². The molecule has 0 rings (SSSR count). The number of hydrogen-bond acceptors (Lipinski definition) is 4. The zero-order valence-corrected chi connectivity index (χ0v) is 6.59. The van der Waals surface area contributed by atoms with Gasteiger partial charge in [0.25, 0.3) is 0 Å². The molecule has 0 radical (unpaired) electrons. The summed E-state index contributed by atoms with van der Waals surface area (Å²) in [5.74, 6) is -0.415. The van der Waals surface area contributed by atoms with E-state index in [0.717, 1.165) is 0 Å². The summed E-state index contributed by atoms with van der Waals surface area (Å²) >= 11 is 0. The number of carbonyl (C=O) groups is 1. The van der Waals surface area contributed by atoms with Crippen LogP contribution >= 0.6 is 0 Å². The van der Waals surface area contributed by atoms with Gasteiger partial charge in [-0.15, -0.1) is 0 Å². The first-order valence-electron chi connectivity index (χ1n) is 3.09. The van der Waals surface area contributed by atoms with Crippen LogP contribution in [0.25, 0.3) is 0 Å². The molecule has 4 nitrogen and oxygen atoms in total. The Balaban J connectivity index is -0.000000140. The molecule has 0 aromatic heterocycles. The molecule has 0 aliphatic carbocycles. The normalized spacial score (nSPS) is 6.91. The maximum atomic E-state index is 9.86. The van der Waals surface area contributed by atoms with Gasteiger partial charge in [-0.05, 0) is 13.8 Å². The van der Waals surface area contributed by atoms with E-state index in [-0.39, 0.29) is 36.2 Å². The SMILES string of the molecule is CCO.CCOOC(C)=O.[NaH]. The van der Waals surface area contributed by atoms with Gasteiger partial charge >= 0.3 is 35.5 Å². The fourth-order valence-electron chi connectivity index (χ4n) is 0.142. The summed E-state index contributed by atoms with van der Waals surface area (Å²) in [5.41, 5.74) is 0. The van der Waals surface area contributed by atoms with Gasteiger partial charge in [-0.25, -0.2) is 4.79 Å². The summed E-state index contributed by atoms with van der Waals surface area (Å²) in [6.07, 6.45) is 0. The molecule has 0 fully saturated rings. The second-order valence-corrected chi connectivity index (χ2v) is 1.30. The van der Waals surface area contributed by atoms with Crippen LogP contribution in [-0.2, 0) is 14.6 Å². The number of carbonyl (C=O) groups excluding carboxylic acids is 1. The van der Waals surface area contributed by atoms with Crippen LogP contribution in [0.15, 0.2) is 0 Å². The van der Waals surface area contributed by atoms with E-state index >= 15 is 0 Å². The van der Waals surface area contributed by atoms with Crippen molar-refractivity contribution in [2.75, 3.05) is 13.2 Å². The van der Waals surface area contributed by atoms with Crippen LogP contribution in [0.5, 0.6) is 0 Å². The molecule has 0 atom stereocenters. The summed E-state index contributed by atoms with van der Waals surface area (Å²) in [6.45, 7) is 5.36. The minimum absolute atomic E-state index is 0. The Kier molecular flexibility index (Phi) is 26.6. The van der Waals surface area contributed by atoms with Crippen molar-refractivity contribution in [2.45, 2.75) is 20.8 Å². The molecule has 0 spiro atoms. The Bertz CT molecular complexity index is 77.0. The van der Waals surface area contributed by atoms with Crippen LogP contribution in [0.3, 0.4) is 0 Å². The molecule has 0 saturated heterocycles. The molecule has 0 bridgehead atoms. The predicted molar refractivity (Wildman–Crippen MR) is 43.3 cm³/mol. The van der Waals surface area contributed by atoms with E-state index in [1.54, 1.807) is 13.8 Å². The molecule has 1 N–H and O–H groups in total. The average Bonchev–Trinajstić information content (AvgIpc) is 1.85.